The van der Waals surface area contributed by atoms with E-state index in [9.17, 15) is 4.39 Å². The first kappa shape index (κ1) is 16.2. The Kier molecular flexibility index (Phi) is 6.46. The number of rotatable bonds is 8. The van der Waals surface area contributed by atoms with Gasteiger partial charge in [0.1, 0.15) is 11.6 Å². The second-order valence-electron chi connectivity index (χ2n) is 5.57. The summed E-state index contributed by atoms with van der Waals surface area (Å²) >= 11 is 0. The number of ether oxygens (including phenoxy) is 2. The summed E-state index contributed by atoms with van der Waals surface area (Å²) in [6.45, 7) is 3.84. The first-order chi connectivity index (χ1) is 10.3. The molecule has 118 valence electrons. The molecule has 1 aromatic carbocycles. The molecule has 1 aliphatic rings. The van der Waals surface area contributed by atoms with Crippen LogP contribution < -0.4 is 10.1 Å². The molecule has 1 aromatic rings. The first-order valence-electron chi connectivity index (χ1n) is 7.93. The molecule has 3 nitrogen and oxygen atoms in total. The third kappa shape index (κ3) is 4.42. The molecular formula is C17H26FNO2. The van der Waals surface area contributed by atoms with Crippen LogP contribution in [0.25, 0.3) is 0 Å². The van der Waals surface area contributed by atoms with Gasteiger partial charge in [-0.2, -0.15) is 0 Å². The van der Waals surface area contributed by atoms with E-state index in [0.717, 1.165) is 45.3 Å². The maximum atomic E-state index is 14.3. The van der Waals surface area contributed by atoms with Gasteiger partial charge in [-0.05, 0) is 50.8 Å². The zero-order chi connectivity index (χ0) is 15.1. The Hall–Kier alpha value is -1.13. The highest BCUT2D eigenvalue weighted by Gasteiger charge is 2.23. The van der Waals surface area contributed by atoms with Gasteiger partial charge >= 0.3 is 0 Å². The second kappa shape index (κ2) is 8.35. The summed E-state index contributed by atoms with van der Waals surface area (Å²) in [6.07, 6.45) is 5.43. The van der Waals surface area contributed by atoms with Crippen LogP contribution in [0.5, 0.6) is 5.75 Å². The third-order valence-electron chi connectivity index (χ3n) is 4.02. The fourth-order valence-corrected chi connectivity index (χ4v) is 2.93. The molecule has 1 saturated heterocycles. The molecule has 0 aliphatic carbocycles. The summed E-state index contributed by atoms with van der Waals surface area (Å²) in [5.41, 5.74) is 0.645. The molecule has 2 unspecified atom stereocenters. The lowest BCUT2D eigenvalue weighted by atomic mass is 9.97. The lowest BCUT2D eigenvalue weighted by Gasteiger charge is -2.23. The van der Waals surface area contributed by atoms with E-state index in [1.165, 1.54) is 6.07 Å². The minimum absolute atomic E-state index is 0.0229. The molecule has 0 spiro atoms. The van der Waals surface area contributed by atoms with Crippen molar-refractivity contribution < 1.29 is 13.9 Å². The van der Waals surface area contributed by atoms with E-state index in [1.54, 1.807) is 13.2 Å². The largest absolute Gasteiger partial charge is 0.496 e. The fourth-order valence-electron chi connectivity index (χ4n) is 2.93. The molecular weight excluding hydrogens is 269 g/mol. The van der Waals surface area contributed by atoms with Crippen molar-refractivity contribution in [3.05, 3.63) is 29.6 Å². The Morgan fingerprint density at radius 2 is 2.33 bits per heavy atom. The Morgan fingerprint density at radius 3 is 3.00 bits per heavy atom. The average molecular weight is 295 g/mol. The predicted molar refractivity (Wildman–Crippen MR) is 82.2 cm³/mol. The van der Waals surface area contributed by atoms with Gasteiger partial charge < -0.3 is 14.8 Å². The summed E-state index contributed by atoms with van der Waals surface area (Å²) in [7, 11) is 1.59. The molecule has 2 atom stereocenters. The Balaban J connectivity index is 2.10. The quantitative estimate of drug-likeness (QED) is 0.790. The van der Waals surface area contributed by atoms with Crippen molar-refractivity contribution in [2.75, 3.05) is 20.3 Å². The van der Waals surface area contributed by atoms with Crippen LogP contribution in [0.15, 0.2) is 18.2 Å². The zero-order valence-corrected chi connectivity index (χ0v) is 13.0. The van der Waals surface area contributed by atoms with Crippen molar-refractivity contribution in [3.63, 3.8) is 0 Å². The number of halogens is 1. The summed E-state index contributed by atoms with van der Waals surface area (Å²) in [5, 5.41) is 3.45. The van der Waals surface area contributed by atoms with Crippen molar-refractivity contribution in [2.45, 2.75) is 51.2 Å². The summed E-state index contributed by atoms with van der Waals surface area (Å²) in [6, 6.07) is 5.00. The zero-order valence-electron chi connectivity index (χ0n) is 13.0. The lowest BCUT2D eigenvalue weighted by molar-refractivity contribution is 0.0993. The summed E-state index contributed by atoms with van der Waals surface area (Å²) in [4.78, 5) is 0. The number of methoxy groups -OCH3 is 1. The third-order valence-corrected chi connectivity index (χ3v) is 4.02. The Morgan fingerprint density at radius 1 is 1.48 bits per heavy atom. The normalized spacial score (nSPS) is 19.7. The standard InChI is InChI=1S/C17H26FNO2/c1-3-11-19-15(10-9-13-6-5-12-21-13)17-14(18)7-4-8-16(17)20-2/h4,7-8,13,15,19H,3,5-6,9-12H2,1-2H3. The van der Waals surface area contributed by atoms with Crippen molar-refractivity contribution in [1.29, 1.82) is 0 Å². The Labute approximate surface area is 126 Å². The van der Waals surface area contributed by atoms with E-state index in [-0.39, 0.29) is 11.9 Å². The number of hydrogen-bond donors (Lipinski definition) is 1. The Bertz CT molecular complexity index is 433. The van der Waals surface area contributed by atoms with Gasteiger partial charge in [0.2, 0.25) is 0 Å². The molecule has 1 fully saturated rings. The van der Waals surface area contributed by atoms with Gasteiger partial charge in [-0.1, -0.05) is 13.0 Å². The topological polar surface area (TPSA) is 30.5 Å². The highest BCUT2D eigenvalue weighted by Crippen LogP contribution is 2.32. The lowest BCUT2D eigenvalue weighted by Crippen LogP contribution is -2.25. The van der Waals surface area contributed by atoms with Crippen LogP contribution in [0.3, 0.4) is 0 Å². The van der Waals surface area contributed by atoms with E-state index in [1.807, 2.05) is 6.07 Å². The van der Waals surface area contributed by atoms with E-state index < -0.39 is 0 Å². The van der Waals surface area contributed by atoms with Crippen LogP contribution in [-0.4, -0.2) is 26.4 Å². The maximum Gasteiger partial charge on any atom is 0.131 e. The van der Waals surface area contributed by atoms with Crippen LogP contribution >= 0.6 is 0 Å². The second-order valence-corrected chi connectivity index (χ2v) is 5.57. The molecule has 21 heavy (non-hydrogen) atoms. The van der Waals surface area contributed by atoms with E-state index in [2.05, 4.69) is 12.2 Å². The van der Waals surface area contributed by atoms with Crippen LogP contribution in [-0.2, 0) is 4.74 Å². The van der Waals surface area contributed by atoms with E-state index in [4.69, 9.17) is 9.47 Å². The minimum atomic E-state index is -0.199. The van der Waals surface area contributed by atoms with Gasteiger partial charge in [-0.3, -0.25) is 0 Å². The molecule has 0 aromatic heterocycles. The first-order valence-corrected chi connectivity index (χ1v) is 7.93. The van der Waals surface area contributed by atoms with E-state index in [0.29, 0.717) is 17.4 Å². The number of hydrogen-bond acceptors (Lipinski definition) is 3. The van der Waals surface area contributed by atoms with Crippen LogP contribution in [0.1, 0.15) is 50.6 Å². The molecule has 0 amide bonds. The molecule has 1 N–H and O–H groups in total. The van der Waals surface area contributed by atoms with Crippen molar-refractivity contribution in [2.24, 2.45) is 0 Å². The highest BCUT2D eigenvalue weighted by atomic mass is 19.1. The van der Waals surface area contributed by atoms with Crippen molar-refractivity contribution in [3.8, 4) is 5.75 Å². The smallest absolute Gasteiger partial charge is 0.131 e. The predicted octanol–water partition coefficient (Wildman–Crippen LogP) is 3.83. The van der Waals surface area contributed by atoms with Gasteiger partial charge in [0.25, 0.3) is 0 Å². The molecule has 0 radical (unpaired) electrons. The monoisotopic (exact) mass is 295 g/mol. The minimum Gasteiger partial charge on any atom is -0.496 e. The van der Waals surface area contributed by atoms with E-state index >= 15 is 0 Å². The van der Waals surface area contributed by atoms with Gasteiger partial charge in [0.15, 0.2) is 0 Å². The average Bonchev–Trinajstić information content (AvgIpc) is 3.01. The highest BCUT2D eigenvalue weighted by molar-refractivity contribution is 5.37. The number of benzene rings is 1. The van der Waals surface area contributed by atoms with Gasteiger partial charge in [0, 0.05) is 18.2 Å². The molecule has 2 rings (SSSR count). The van der Waals surface area contributed by atoms with Crippen LogP contribution in [0.4, 0.5) is 4.39 Å². The molecule has 1 aliphatic heterocycles. The summed E-state index contributed by atoms with van der Waals surface area (Å²) < 4.78 is 25.3. The van der Waals surface area contributed by atoms with Gasteiger partial charge in [0.05, 0.1) is 13.2 Å². The fraction of sp³-hybridized carbons (Fsp3) is 0.647. The molecule has 1 heterocycles. The van der Waals surface area contributed by atoms with Crippen LogP contribution in [0, 0.1) is 5.82 Å². The SMILES string of the molecule is CCCNC(CCC1CCCO1)c1c(F)cccc1OC. The van der Waals surface area contributed by atoms with Crippen molar-refractivity contribution >= 4 is 0 Å². The summed E-state index contributed by atoms with van der Waals surface area (Å²) in [5.74, 6) is 0.422. The molecule has 4 heteroatoms. The number of nitrogens with one attached hydrogen (secondary N) is 1. The molecule has 0 bridgehead atoms. The molecule has 0 saturated carbocycles. The maximum absolute atomic E-state index is 14.3. The van der Waals surface area contributed by atoms with Gasteiger partial charge in [-0.25, -0.2) is 4.39 Å². The van der Waals surface area contributed by atoms with Crippen LogP contribution in [0.2, 0.25) is 0 Å². The van der Waals surface area contributed by atoms with Crippen molar-refractivity contribution in [1.82, 2.24) is 5.32 Å². The van der Waals surface area contributed by atoms with Gasteiger partial charge in [-0.15, -0.1) is 0 Å².